The molecular formula is C25H35N2O2+. The number of aromatic nitrogens is 1. The van der Waals surface area contributed by atoms with E-state index in [-0.39, 0.29) is 0 Å². The topological polar surface area (TPSA) is 34.4 Å². The van der Waals surface area contributed by atoms with Crippen LogP contribution in [0.25, 0.3) is 0 Å². The van der Waals surface area contributed by atoms with Crippen LogP contribution in [-0.4, -0.2) is 31.4 Å². The lowest BCUT2D eigenvalue weighted by molar-refractivity contribution is -0.672. The van der Waals surface area contributed by atoms with Gasteiger partial charge in [0.1, 0.15) is 13.2 Å². The molecule has 156 valence electrons. The van der Waals surface area contributed by atoms with Gasteiger partial charge in [0.15, 0.2) is 11.9 Å². The first kappa shape index (κ1) is 17.5. The molecule has 3 saturated carbocycles. The molecule has 1 aromatic rings. The minimum atomic E-state index is 0.430. The molecular weight excluding hydrogens is 360 g/mol. The first-order valence-corrected chi connectivity index (χ1v) is 12.3. The van der Waals surface area contributed by atoms with Crippen molar-refractivity contribution >= 4 is 0 Å². The van der Waals surface area contributed by atoms with Gasteiger partial charge >= 0.3 is 0 Å². The van der Waals surface area contributed by atoms with Gasteiger partial charge in [-0.15, -0.1) is 0 Å². The number of ether oxygens (including phenoxy) is 2. The van der Waals surface area contributed by atoms with Crippen LogP contribution in [0, 0.1) is 35.5 Å². The average Bonchev–Trinajstić information content (AvgIpc) is 2.75. The lowest BCUT2D eigenvalue weighted by Gasteiger charge is -2.65. The molecule has 0 bridgehead atoms. The smallest absolute Gasteiger partial charge is 0.211 e. The molecule has 4 nitrogen and oxygen atoms in total. The van der Waals surface area contributed by atoms with Crippen LogP contribution in [0.3, 0.4) is 0 Å². The summed E-state index contributed by atoms with van der Waals surface area (Å²) in [6, 6.07) is 2.41. The standard InChI is InChI=1S/C25H35N2O2/c1-27-10-9-16-21(13-27)29-19-8-4-6-14-17-11-26-12-20-23(17)24(25(16)22(14)19)15-5-2-3-7-18(15)28-20/h9-10,13-15,17-20,22-26H,2-8,11-12H2,1H3/q+1. The third-order valence-corrected chi connectivity index (χ3v) is 9.75. The highest BCUT2D eigenvalue weighted by Crippen LogP contribution is 2.65. The van der Waals surface area contributed by atoms with Crippen molar-refractivity contribution in [3.8, 4) is 5.75 Å². The van der Waals surface area contributed by atoms with Gasteiger partial charge in [-0.2, -0.15) is 0 Å². The van der Waals surface area contributed by atoms with Gasteiger partial charge in [0, 0.05) is 24.1 Å². The van der Waals surface area contributed by atoms with E-state index in [1.165, 1.54) is 62.8 Å². The van der Waals surface area contributed by atoms with Gasteiger partial charge in [0.25, 0.3) is 0 Å². The number of nitrogens with zero attached hydrogens (tertiary/aromatic N) is 1. The molecule has 1 aromatic heterocycles. The van der Waals surface area contributed by atoms with E-state index in [0.29, 0.717) is 24.2 Å². The summed E-state index contributed by atoms with van der Waals surface area (Å²) >= 11 is 0. The zero-order chi connectivity index (χ0) is 19.1. The van der Waals surface area contributed by atoms with Gasteiger partial charge in [-0.05, 0) is 74.2 Å². The lowest BCUT2D eigenvalue weighted by atomic mass is 9.45. The summed E-state index contributed by atoms with van der Waals surface area (Å²) in [6.45, 7) is 2.27. The summed E-state index contributed by atoms with van der Waals surface area (Å²) in [5, 5.41) is 3.79. The molecule has 4 heterocycles. The SMILES string of the molecule is C[n+]1ccc2c(c1)OC1CCCC3C4CNCC5OC6CCCCC6C(C2C13)C54. The fraction of sp³-hybridized carbons (Fsp3) is 0.800. The van der Waals surface area contributed by atoms with E-state index in [1.807, 2.05) is 0 Å². The second-order valence-electron chi connectivity index (χ2n) is 10.9. The first-order valence-electron chi connectivity index (χ1n) is 12.3. The van der Waals surface area contributed by atoms with Gasteiger partial charge in [-0.3, -0.25) is 0 Å². The summed E-state index contributed by atoms with van der Waals surface area (Å²) in [7, 11) is 2.13. The van der Waals surface area contributed by atoms with Crippen molar-refractivity contribution in [3.63, 3.8) is 0 Å². The Kier molecular flexibility index (Phi) is 3.89. The number of piperidine rings is 1. The summed E-state index contributed by atoms with van der Waals surface area (Å²) in [5.41, 5.74) is 1.53. The first-order chi connectivity index (χ1) is 14.3. The van der Waals surface area contributed by atoms with E-state index in [4.69, 9.17) is 9.47 Å². The number of rotatable bonds is 0. The van der Waals surface area contributed by atoms with Gasteiger partial charge < -0.3 is 14.8 Å². The Hall–Kier alpha value is -1.13. The summed E-state index contributed by atoms with van der Waals surface area (Å²) in [4.78, 5) is 0. The highest BCUT2D eigenvalue weighted by atomic mass is 16.5. The zero-order valence-corrected chi connectivity index (χ0v) is 17.6. The van der Waals surface area contributed by atoms with Crippen LogP contribution in [0.1, 0.15) is 56.4 Å². The maximum absolute atomic E-state index is 6.86. The minimum Gasteiger partial charge on any atom is -0.484 e. The normalized spacial score (nSPS) is 49.7. The van der Waals surface area contributed by atoms with E-state index in [0.717, 1.165) is 42.1 Å². The fourth-order valence-electron chi connectivity index (χ4n) is 8.94. The quantitative estimate of drug-likeness (QED) is 0.685. The van der Waals surface area contributed by atoms with Crippen molar-refractivity contribution in [2.45, 2.75) is 69.2 Å². The molecule has 3 aliphatic heterocycles. The molecule has 10 unspecified atom stereocenters. The Morgan fingerprint density at radius 3 is 2.69 bits per heavy atom. The number of hydrogen-bond acceptors (Lipinski definition) is 3. The van der Waals surface area contributed by atoms with Gasteiger partial charge in [-0.1, -0.05) is 12.8 Å². The third-order valence-electron chi connectivity index (χ3n) is 9.75. The summed E-state index contributed by atoms with van der Waals surface area (Å²) in [6.07, 6.45) is 15.3. The third kappa shape index (κ3) is 2.42. The van der Waals surface area contributed by atoms with E-state index in [2.05, 4.69) is 35.4 Å². The van der Waals surface area contributed by atoms with Crippen molar-refractivity contribution in [3.05, 3.63) is 24.0 Å². The maximum Gasteiger partial charge on any atom is 0.211 e. The molecule has 6 aliphatic rings. The van der Waals surface area contributed by atoms with E-state index >= 15 is 0 Å². The van der Waals surface area contributed by atoms with Crippen LogP contribution < -0.4 is 14.6 Å². The van der Waals surface area contributed by atoms with Gasteiger partial charge in [0.05, 0.1) is 12.2 Å². The van der Waals surface area contributed by atoms with Crippen LogP contribution in [0.5, 0.6) is 5.75 Å². The number of pyridine rings is 1. The van der Waals surface area contributed by atoms with Crippen molar-refractivity contribution in [2.75, 3.05) is 13.1 Å². The fourth-order valence-corrected chi connectivity index (χ4v) is 8.94. The molecule has 29 heavy (non-hydrogen) atoms. The highest BCUT2D eigenvalue weighted by Gasteiger charge is 2.63. The summed E-state index contributed by atoms with van der Waals surface area (Å²) in [5.74, 6) is 6.49. The zero-order valence-electron chi connectivity index (χ0n) is 17.6. The average molecular weight is 396 g/mol. The van der Waals surface area contributed by atoms with Crippen molar-refractivity contribution < 1.29 is 14.0 Å². The van der Waals surface area contributed by atoms with Gasteiger partial charge in [0.2, 0.25) is 6.20 Å². The Balaban J connectivity index is 1.41. The van der Waals surface area contributed by atoms with Crippen LogP contribution in [-0.2, 0) is 11.8 Å². The molecule has 10 atom stereocenters. The molecule has 0 aromatic carbocycles. The molecule has 1 N–H and O–H groups in total. The highest BCUT2D eigenvalue weighted by molar-refractivity contribution is 5.38. The molecule has 2 saturated heterocycles. The predicted molar refractivity (Wildman–Crippen MR) is 110 cm³/mol. The molecule has 0 amide bonds. The Bertz CT molecular complexity index is 812. The Morgan fingerprint density at radius 1 is 0.862 bits per heavy atom. The van der Waals surface area contributed by atoms with Crippen LogP contribution >= 0.6 is 0 Å². The summed E-state index contributed by atoms with van der Waals surface area (Å²) < 4.78 is 15.8. The number of hydrogen-bond donors (Lipinski definition) is 1. The molecule has 5 fully saturated rings. The van der Waals surface area contributed by atoms with E-state index in [9.17, 15) is 0 Å². The van der Waals surface area contributed by atoms with E-state index in [1.54, 1.807) is 0 Å². The Morgan fingerprint density at radius 2 is 1.72 bits per heavy atom. The largest absolute Gasteiger partial charge is 0.484 e. The monoisotopic (exact) mass is 395 g/mol. The van der Waals surface area contributed by atoms with Crippen LogP contribution in [0.15, 0.2) is 18.5 Å². The molecule has 0 spiro atoms. The molecule has 0 radical (unpaired) electrons. The molecule has 4 heteroatoms. The van der Waals surface area contributed by atoms with Crippen molar-refractivity contribution in [2.24, 2.45) is 42.6 Å². The van der Waals surface area contributed by atoms with Crippen LogP contribution in [0.2, 0.25) is 0 Å². The maximum atomic E-state index is 6.86. The lowest BCUT2D eigenvalue weighted by Crippen LogP contribution is -2.67. The van der Waals surface area contributed by atoms with Crippen molar-refractivity contribution in [1.29, 1.82) is 0 Å². The van der Waals surface area contributed by atoms with Gasteiger partial charge in [-0.25, -0.2) is 4.57 Å². The molecule has 7 rings (SSSR count). The van der Waals surface area contributed by atoms with Crippen LogP contribution in [0.4, 0.5) is 0 Å². The number of aryl methyl sites for hydroxylation is 1. The Labute approximate surface area is 174 Å². The number of fused-ring (bicyclic) bond motifs is 6. The second-order valence-corrected chi connectivity index (χ2v) is 10.9. The van der Waals surface area contributed by atoms with E-state index < -0.39 is 0 Å². The predicted octanol–water partition coefficient (Wildman–Crippen LogP) is 3.20. The van der Waals surface area contributed by atoms with Crippen molar-refractivity contribution in [1.82, 2.24) is 5.32 Å². The molecule has 3 aliphatic carbocycles. The second kappa shape index (κ2) is 6.43. The minimum absolute atomic E-state index is 0.430. The number of nitrogens with one attached hydrogen (secondary N) is 1.